The Labute approximate surface area is 164 Å². The van der Waals surface area contributed by atoms with Crippen molar-refractivity contribution in [3.63, 3.8) is 0 Å². The molecule has 0 amide bonds. The number of ether oxygens (including phenoxy) is 1. The molecule has 0 fully saturated rings. The average molecular weight is 393 g/mol. The SMILES string of the molecule is C=C=CCCCCCCCCCCCOC(=O)CS(=O)(=O)c1ccccc1. The van der Waals surface area contributed by atoms with E-state index in [0.717, 1.165) is 25.7 Å². The first-order valence-electron chi connectivity index (χ1n) is 9.84. The van der Waals surface area contributed by atoms with Gasteiger partial charge in [-0.2, -0.15) is 0 Å². The monoisotopic (exact) mass is 392 g/mol. The number of sulfone groups is 1. The summed E-state index contributed by atoms with van der Waals surface area (Å²) < 4.78 is 29.2. The van der Waals surface area contributed by atoms with Gasteiger partial charge in [-0.1, -0.05) is 69.7 Å². The van der Waals surface area contributed by atoms with Crippen LogP contribution < -0.4 is 0 Å². The quantitative estimate of drug-likeness (QED) is 0.232. The molecule has 0 aliphatic rings. The molecule has 0 saturated carbocycles. The Hall–Kier alpha value is -1.84. The molecular formula is C22H32O4S. The van der Waals surface area contributed by atoms with Gasteiger partial charge in [0.1, 0.15) is 0 Å². The van der Waals surface area contributed by atoms with E-state index < -0.39 is 21.6 Å². The summed E-state index contributed by atoms with van der Waals surface area (Å²) in [7, 11) is -3.61. The molecule has 0 N–H and O–H groups in total. The van der Waals surface area contributed by atoms with Crippen LogP contribution in [0.15, 0.2) is 53.6 Å². The second kappa shape index (κ2) is 14.2. The third-order valence-corrected chi connectivity index (χ3v) is 5.92. The van der Waals surface area contributed by atoms with E-state index in [1.807, 2.05) is 6.08 Å². The summed E-state index contributed by atoms with van der Waals surface area (Å²) in [6.07, 6.45) is 13.4. The molecule has 0 atom stereocenters. The summed E-state index contributed by atoms with van der Waals surface area (Å²) in [4.78, 5) is 11.9. The predicted octanol–water partition coefficient (Wildman–Crippen LogP) is 5.25. The number of carbonyl (C=O) groups excluding carboxylic acids is 1. The Kier molecular flexibility index (Phi) is 12.2. The highest BCUT2D eigenvalue weighted by atomic mass is 32.2. The lowest BCUT2D eigenvalue weighted by Gasteiger charge is -2.06. The van der Waals surface area contributed by atoms with Crippen LogP contribution in [0, 0.1) is 0 Å². The number of unbranched alkanes of at least 4 members (excludes halogenated alkanes) is 9. The maximum Gasteiger partial charge on any atom is 0.321 e. The van der Waals surface area contributed by atoms with Crippen molar-refractivity contribution in [1.82, 2.24) is 0 Å². The minimum Gasteiger partial charge on any atom is -0.465 e. The van der Waals surface area contributed by atoms with E-state index in [1.54, 1.807) is 18.2 Å². The average Bonchev–Trinajstić information content (AvgIpc) is 2.66. The van der Waals surface area contributed by atoms with E-state index in [9.17, 15) is 13.2 Å². The number of hydrogen-bond donors (Lipinski definition) is 0. The van der Waals surface area contributed by atoms with Crippen LogP contribution in [-0.4, -0.2) is 26.7 Å². The molecule has 4 nitrogen and oxygen atoms in total. The first-order valence-corrected chi connectivity index (χ1v) is 11.5. The van der Waals surface area contributed by atoms with Gasteiger partial charge in [0.25, 0.3) is 0 Å². The number of carbonyl (C=O) groups is 1. The van der Waals surface area contributed by atoms with Gasteiger partial charge in [-0.15, -0.1) is 5.73 Å². The lowest BCUT2D eigenvalue weighted by atomic mass is 10.1. The number of hydrogen-bond acceptors (Lipinski definition) is 4. The van der Waals surface area contributed by atoms with Crippen molar-refractivity contribution in [2.45, 2.75) is 69.1 Å². The van der Waals surface area contributed by atoms with E-state index in [-0.39, 0.29) is 4.90 Å². The molecule has 0 unspecified atom stereocenters. The van der Waals surface area contributed by atoms with Crippen molar-refractivity contribution in [1.29, 1.82) is 0 Å². The fourth-order valence-corrected chi connectivity index (χ4v) is 3.91. The standard InChI is InChI=1S/C22H32O4S/c1-2-3-4-5-6-7-8-9-10-11-12-16-19-26-22(23)20-27(24,25)21-17-14-13-15-18-21/h3,13-15,17-18H,1,4-12,16,19-20H2. The first kappa shape index (κ1) is 23.2. The molecule has 0 heterocycles. The highest BCUT2D eigenvalue weighted by Gasteiger charge is 2.19. The Morgan fingerprint density at radius 2 is 1.48 bits per heavy atom. The Bertz CT molecular complexity index is 674. The van der Waals surface area contributed by atoms with E-state index in [0.29, 0.717) is 6.61 Å². The molecule has 1 aromatic rings. The van der Waals surface area contributed by atoms with Crippen LogP contribution in [-0.2, 0) is 19.4 Å². The van der Waals surface area contributed by atoms with Gasteiger partial charge in [-0.05, 0) is 37.5 Å². The van der Waals surface area contributed by atoms with Crippen LogP contribution in [0.1, 0.15) is 64.2 Å². The van der Waals surface area contributed by atoms with Crippen molar-refractivity contribution in [3.8, 4) is 0 Å². The van der Waals surface area contributed by atoms with Gasteiger partial charge in [-0.3, -0.25) is 4.79 Å². The van der Waals surface area contributed by atoms with Crippen LogP contribution in [0.4, 0.5) is 0 Å². The van der Waals surface area contributed by atoms with Gasteiger partial charge < -0.3 is 4.74 Å². The van der Waals surface area contributed by atoms with Crippen LogP contribution in [0.3, 0.4) is 0 Å². The van der Waals surface area contributed by atoms with E-state index in [4.69, 9.17) is 4.74 Å². The van der Waals surface area contributed by atoms with Crippen molar-refractivity contribution < 1.29 is 17.9 Å². The Morgan fingerprint density at radius 1 is 0.926 bits per heavy atom. The molecule has 0 aromatic heterocycles. The summed E-state index contributed by atoms with van der Waals surface area (Å²) >= 11 is 0. The maximum atomic E-state index is 12.1. The lowest BCUT2D eigenvalue weighted by Crippen LogP contribution is -2.19. The van der Waals surface area contributed by atoms with Gasteiger partial charge in [0.2, 0.25) is 0 Å². The Morgan fingerprint density at radius 3 is 2.07 bits per heavy atom. The summed E-state index contributed by atoms with van der Waals surface area (Å²) in [5.41, 5.74) is 2.79. The van der Waals surface area contributed by atoms with Gasteiger partial charge in [-0.25, -0.2) is 8.42 Å². The van der Waals surface area contributed by atoms with Crippen molar-refractivity contribution in [3.05, 3.63) is 48.7 Å². The summed E-state index contributed by atoms with van der Waals surface area (Å²) in [5, 5.41) is 0. The second-order valence-electron chi connectivity index (χ2n) is 6.67. The molecule has 0 radical (unpaired) electrons. The molecule has 0 spiro atoms. The highest BCUT2D eigenvalue weighted by Crippen LogP contribution is 2.12. The molecule has 5 heteroatoms. The number of allylic oxidation sites excluding steroid dienone is 1. The summed E-state index contributed by atoms with van der Waals surface area (Å²) in [6, 6.07) is 7.98. The van der Waals surface area contributed by atoms with Crippen molar-refractivity contribution in [2.24, 2.45) is 0 Å². The fraction of sp³-hybridized carbons (Fsp3) is 0.545. The molecule has 0 aliphatic heterocycles. The normalized spacial score (nSPS) is 11.0. The second-order valence-corrected chi connectivity index (χ2v) is 8.66. The van der Waals surface area contributed by atoms with E-state index >= 15 is 0 Å². The summed E-state index contributed by atoms with van der Waals surface area (Å²) in [6.45, 7) is 3.84. The summed E-state index contributed by atoms with van der Waals surface area (Å²) in [5.74, 6) is -1.27. The Balaban J connectivity index is 1.99. The van der Waals surface area contributed by atoms with E-state index in [2.05, 4.69) is 12.3 Å². The molecule has 1 aromatic carbocycles. The molecule has 150 valence electrons. The smallest absolute Gasteiger partial charge is 0.321 e. The highest BCUT2D eigenvalue weighted by molar-refractivity contribution is 7.92. The third-order valence-electron chi connectivity index (χ3n) is 4.31. The number of esters is 1. The zero-order valence-corrected chi connectivity index (χ0v) is 17.0. The largest absolute Gasteiger partial charge is 0.465 e. The number of benzene rings is 1. The molecule has 0 saturated heterocycles. The lowest BCUT2D eigenvalue weighted by molar-refractivity contribution is -0.140. The maximum absolute atomic E-state index is 12.1. The van der Waals surface area contributed by atoms with Gasteiger partial charge >= 0.3 is 5.97 Å². The van der Waals surface area contributed by atoms with Gasteiger partial charge in [0.15, 0.2) is 15.6 Å². The van der Waals surface area contributed by atoms with Gasteiger partial charge in [0.05, 0.1) is 11.5 Å². The topological polar surface area (TPSA) is 60.4 Å². The molecule has 1 rings (SSSR count). The zero-order chi connectivity index (χ0) is 19.8. The molecule has 0 aliphatic carbocycles. The van der Waals surface area contributed by atoms with Crippen LogP contribution >= 0.6 is 0 Å². The molecular weight excluding hydrogens is 360 g/mol. The van der Waals surface area contributed by atoms with Crippen molar-refractivity contribution >= 4 is 15.8 Å². The fourth-order valence-electron chi connectivity index (χ4n) is 2.78. The molecule has 27 heavy (non-hydrogen) atoms. The predicted molar refractivity (Wildman–Crippen MR) is 109 cm³/mol. The molecule has 0 bridgehead atoms. The third kappa shape index (κ3) is 11.5. The first-order chi connectivity index (χ1) is 13.1. The zero-order valence-electron chi connectivity index (χ0n) is 16.2. The van der Waals surface area contributed by atoms with Crippen LogP contribution in [0.2, 0.25) is 0 Å². The number of rotatable bonds is 15. The van der Waals surface area contributed by atoms with Crippen LogP contribution in [0.25, 0.3) is 0 Å². The minimum atomic E-state index is -3.61. The van der Waals surface area contributed by atoms with Crippen molar-refractivity contribution in [2.75, 3.05) is 12.4 Å². The van der Waals surface area contributed by atoms with Gasteiger partial charge in [0, 0.05) is 0 Å². The minimum absolute atomic E-state index is 0.152. The van der Waals surface area contributed by atoms with Crippen LogP contribution in [0.5, 0.6) is 0 Å². The van der Waals surface area contributed by atoms with E-state index in [1.165, 1.54) is 50.7 Å².